The van der Waals surface area contributed by atoms with E-state index in [1.807, 2.05) is 0 Å². The standard InChI is InChI=1S/C12H10ClF2N3O/c1-19-6-11-16-9(13)5-10(17-11)18-12-7(14)3-2-4-8(12)15/h2-5H,6H2,1H3,(H,16,17,18). The van der Waals surface area contributed by atoms with Gasteiger partial charge < -0.3 is 10.1 Å². The van der Waals surface area contributed by atoms with Crippen molar-refractivity contribution in [2.45, 2.75) is 6.61 Å². The maximum atomic E-state index is 13.5. The van der Waals surface area contributed by atoms with Crippen LogP contribution >= 0.6 is 11.6 Å². The van der Waals surface area contributed by atoms with E-state index in [2.05, 4.69) is 15.3 Å². The number of hydrogen-bond donors (Lipinski definition) is 1. The van der Waals surface area contributed by atoms with Crippen LogP contribution in [0.2, 0.25) is 5.15 Å². The van der Waals surface area contributed by atoms with E-state index in [1.165, 1.54) is 19.2 Å². The van der Waals surface area contributed by atoms with Gasteiger partial charge >= 0.3 is 0 Å². The molecule has 0 fully saturated rings. The lowest BCUT2D eigenvalue weighted by Gasteiger charge is -2.09. The van der Waals surface area contributed by atoms with Gasteiger partial charge in [0.2, 0.25) is 0 Å². The second-order valence-corrected chi connectivity index (χ2v) is 4.03. The molecule has 1 aromatic carbocycles. The van der Waals surface area contributed by atoms with Gasteiger partial charge in [0.15, 0.2) is 5.82 Å². The average Bonchev–Trinajstić information content (AvgIpc) is 2.34. The van der Waals surface area contributed by atoms with Crippen molar-refractivity contribution in [3.05, 3.63) is 46.9 Å². The van der Waals surface area contributed by atoms with E-state index in [4.69, 9.17) is 16.3 Å². The van der Waals surface area contributed by atoms with Crippen molar-refractivity contribution in [3.63, 3.8) is 0 Å². The molecule has 1 aromatic heterocycles. The third-order valence-corrected chi connectivity index (χ3v) is 2.42. The highest BCUT2D eigenvalue weighted by atomic mass is 35.5. The van der Waals surface area contributed by atoms with Crippen molar-refractivity contribution in [1.29, 1.82) is 0 Å². The van der Waals surface area contributed by atoms with Gasteiger partial charge in [0, 0.05) is 13.2 Å². The smallest absolute Gasteiger partial charge is 0.158 e. The zero-order valence-electron chi connectivity index (χ0n) is 9.95. The molecule has 0 aliphatic heterocycles. The molecular weight excluding hydrogens is 276 g/mol. The number of halogens is 3. The normalized spacial score (nSPS) is 10.5. The van der Waals surface area contributed by atoms with E-state index in [9.17, 15) is 8.78 Å². The Morgan fingerprint density at radius 3 is 2.58 bits per heavy atom. The third kappa shape index (κ3) is 3.36. The van der Waals surface area contributed by atoms with Gasteiger partial charge in [0.1, 0.15) is 34.9 Å². The summed E-state index contributed by atoms with van der Waals surface area (Å²) in [6.45, 7) is 0.148. The summed E-state index contributed by atoms with van der Waals surface area (Å²) in [6.07, 6.45) is 0. The summed E-state index contributed by atoms with van der Waals surface area (Å²) in [5.74, 6) is -0.934. The van der Waals surface area contributed by atoms with Gasteiger partial charge in [0.25, 0.3) is 0 Å². The van der Waals surface area contributed by atoms with Crippen molar-refractivity contribution in [1.82, 2.24) is 9.97 Å². The van der Waals surface area contributed by atoms with Crippen molar-refractivity contribution in [2.24, 2.45) is 0 Å². The van der Waals surface area contributed by atoms with E-state index >= 15 is 0 Å². The van der Waals surface area contributed by atoms with Crippen LogP contribution in [0.1, 0.15) is 5.82 Å². The zero-order chi connectivity index (χ0) is 13.8. The van der Waals surface area contributed by atoms with Crippen LogP contribution in [0.25, 0.3) is 0 Å². The average molecular weight is 286 g/mol. The Hall–Kier alpha value is -1.79. The summed E-state index contributed by atoms with van der Waals surface area (Å²) in [5, 5.41) is 2.69. The minimum Gasteiger partial charge on any atom is -0.377 e. The van der Waals surface area contributed by atoms with Gasteiger partial charge in [-0.1, -0.05) is 17.7 Å². The molecule has 100 valence electrons. The minimum absolute atomic E-state index is 0.148. The molecule has 1 heterocycles. The quantitative estimate of drug-likeness (QED) is 0.876. The molecule has 0 amide bonds. The fourth-order valence-corrected chi connectivity index (χ4v) is 1.67. The molecule has 0 aliphatic rings. The zero-order valence-corrected chi connectivity index (χ0v) is 10.7. The van der Waals surface area contributed by atoms with E-state index in [0.29, 0.717) is 5.82 Å². The summed E-state index contributed by atoms with van der Waals surface area (Å²) in [7, 11) is 1.48. The van der Waals surface area contributed by atoms with Crippen LogP contribution in [0, 0.1) is 11.6 Å². The third-order valence-electron chi connectivity index (χ3n) is 2.23. The van der Waals surface area contributed by atoms with Gasteiger partial charge in [-0.25, -0.2) is 18.7 Å². The van der Waals surface area contributed by atoms with Crippen molar-refractivity contribution >= 4 is 23.1 Å². The number of rotatable bonds is 4. The molecule has 2 rings (SSSR count). The predicted molar refractivity (Wildman–Crippen MR) is 67.4 cm³/mol. The highest BCUT2D eigenvalue weighted by Crippen LogP contribution is 2.23. The second kappa shape index (κ2) is 5.90. The number of ether oxygens (including phenoxy) is 1. The van der Waals surface area contributed by atoms with Crippen molar-refractivity contribution < 1.29 is 13.5 Å². The number of nitrogens with zero attached hydrogens (tertiary/aromatic N) is 2. The Kier molecular flexibility index (Phi) is 4.24. The molecule has 0 saturated heterocycles. The Labute approximate surface area is 113 Å². The lowest BCUT2D eigenvalue weighted by molar-refractivity contribution is 0.178. The Bertz CT molecular complexity index is 575. The minimum atomic E-state index is -0.719. The first-order chi connectivity index (χ1) is 9.10. The van der Waals surface area contributed by atoms with Gasteiger partial charge in [-0.3, -0.25) is 0 Å². The SMILES string of the molecule is COCc1nc(Cl)cc(Nc2c(F)cccc2F)n1. The largest absolute Gasteiger partial charge is 0.377 e. The van der Waals surface area contributed by atoms with Gasteiger partial charge in [-0.05, 0) is 12.1 Å². The van der Waals surface area contributed by atoms with Crippen LogP contribution < -0.4 is 5.32 Å². The first-order valence-electron chi connectivity index (χ1n) is 5.33. The fraction of sp³-hybridized carbons (Fsp3) is 0.167. The molecule has 0 aliphatic carbocycles. The van der Waals surface area contributed by atoms with Gasteiger partial charge in [0.05, 0.1) is 0 Å². The summed E-state index contributed by atoms with van der Waals surface area (Å²) < 4.78 is 31.8. The van der Waals surface area contributed by atoms with Crippen LogP contribution in [0.4, 0.5) is 20.3 Å². The second-order valence-electron chi connectivity index (χ2n) is 3.65. The number of nitrogens with one attached hydrogen (secondary N) is 1. The summed E-state index contributed by atoms with van der Waals surface area (Å²) in [4.78, 5) is 7.95. The van der Waals surface area contributed by atoms with Crippen LogP contribution in [0.3, 0.4) is 0 Å². The fourth-order valence-electron chi connectivity index (χ4n) is 1.47. The molecule has 1 N–H and O–H groups in total. The number of benzene rings is 1. The first kappa shape index (κ1) is 13.6. The van der Waals surface area contributed by atoms with Crippen LogP contribution in [0.5, 0.6) is 0 Å². The van der Waals surface area contributed by atoms with Crippen molar-refractivity contribution in [3.8, 4) is 0 Å². The highest BCUT2D eigenvalue weighted by Gasteiger charge is 2.10. The summed E-state index contributed by atoms with van der Waals surface area (Å²) >= 11 is 5.80. The van der Waals surface area contributed by atoms with Crippen LogP contribution in [0.15, 0.2) is 24.3 Å². The number of aromatic nitrogens is 2. The summed E-state index contributed by atoms with van der Waals surface area (Å²) in [5.41, 5.74) is -0.291. The van der Waals surface area contributed by atoms with E-state index in [0.717, 1.165) is 12.1 Å². The molecule has 4 nitrogen and oxygen atoms in total. The Balaban J connectivity index is 2.33. The molecule has 0 unspecified atom stereocenters. The topological polar surface area (TPSA) is 47.0 Å². The molecule has 0 radical (unpaired) electrons. The Morgan fingerprint density at radius 1 is 1.26 bits per heavy atom. The maximum Gasteiger partial charge on any atom is 0.158 e. The first-order valence-corrected chi connectivity index (χ1v) is 5.71. The molecule has 0 saturated carbocycles. The van der Waals surface area contributed by atoms with Crippen LogP contribution in [-0.4, -0.2) is 17.1 Å². The van der Waals surface area contributed by atoms with E-state index in [1.54, 1.807) is 0 Å². The van der Waals surface area contributed by atoms with E-state index < -0.39 is 11.6 Å². The number of anilines is 2. The number of methoxy groups -OCH3 is 1. The van der Waals surface area contributed by atoms with Crippen LogP contribution in [-0.2, 0) is 11.3 Å². The molecule has 19 heavy (non-hydrogen) atoms. The molecule has 0 atom stereocenters. The Morgan fingerprint density at radius 2 is 1.95 bits per heavy atom. The molecule has 2 aromatic rings. The van der Waals surface area contributed by atoms with Gasteiger partial charge in [-0.2, -0.15) is 0 Å². The summed E-state index contributed by atoms with van der Waals surface area (Å²) in [6, 6.07) is 4.93. The lowest BCUT2D eigenvalue weighted by Crippen LogP contribution is -2.04. The monoisotopic (exact) mass is 285 g/mol. The predicted octanol–water partition coefficient (Wildman–Crippen LogP) is 3.30. The number of para-hydroxylation sites is 1. The van der Waals surface area contributed by atoms with E-state index in [-0.39, 0.29) is 23.3 Å². The van der Waals surface area contributed by atoms with Crippen molar-refractivity contribution in [2.75, 3.05) is 12.4 Å². The highest BCUT2D eigenvalue weighted by molar-refractivity contribution is 6.29. The lowest BCUT2D eigenvalue weighted by atomic mass is 10.3. The molecule has 7 heteroatoms. The molecule has 0 bridgehead atoms. The van der Waals surface area contributed by atoms with Gasteiger partial charge in [-0.15, -0.1) is 0 Å². The maximum absolute atomic E-state index is 13.5. The number of hydrogen-bond acceptors (Lipinski definition) is 4. The molecule has 0 spiro atoms. The molecular formula is C12H10ClF2N3O.